The average Bonchev–Trinajstić information content (AvgIpc) is 3.96. The largest absolute Gasteiger partial charge is 0.488 e. The van der Waals surface area contributed by atoms with Crippen molar-refractivity contribution in [3.8, 4) is 28.1 Å². The van der Waals surface area contributed by atoms with Crippen molar-refractivity contribution in [1.82, 2.24) is 35.1 Å². The third-order valence-corrected chi connectivity index (χ3v) is 11.2. The summed E-state index contributed by atoms with van der Waals surface area (Å²) < 4.78 is 22.4. The van der Waals surface area contributed by atoms with Gasteiger partial charge in [0.1, 0.15) is 35.6 Å². The van der Waals surface area contributed by atoms with Crippen LogP contribution in [-0.2, 0) is 32.2 Å². The number of nitrogens with zero attached hydrogens (tertiary/aromatic N) is 4. The number of alkyl carbamates (subject to hydrolysis) is 1. The van der Waals surface area contributed by atoms with E-state index in [0.717, 1.165) is 67.7 Å². The number of amides is 3. The van der Waals surface area contributed by atoms with E-state index in [1.54, 1.807) is 23.1 Å². The minimum Gasteiger partial charge on any atom is -0.488 e. The molecule has 0 spiro atoms. The molecule has 2 aliphatic rings. The summed E-state index contributed by atoms with van der Waals surface area (Å²) in [4.78, 5) is 59.4. The molecular weight excluding hydrogens is 739 g/mol. The minimum absolute atomic E-state index is 0.0827. The van der Waals surface area contributed by atoms with Crippen LogP contribution in [0.15, 0.2) is 48.7 Å². The van der Waals surface area contributed by atoms with Crippen molar-refractivity contribution in [3.05, 3.63) is 65.9 Å². The lowest BCUT2D eigenvalue weighted by Crippen LogP contribution is -2.53. The molecule has 7 rings (SSSR count). The monoisotopic (exact) mass is 793 g/mol. The number of benzene rings is 3. The van der Waals surface area contributed by atoms with Crippen molar-refractivity contribution >= 4 is 39.9 Å². The molecule has 3 N–H and O–H groups in total. The predicted molar refractivity (Wildman–Crippen MR) is 221 cm³/mol. The van der Waals surface area contributed by atoms with Crippen molar-refractivity contribution in [3.63, 3.8) is 0 Å². The molecule has 1 saturated heterocycles. The van der Waals surface area contributed by atoms with Crippen molar-refractivity contribution in [1.29, 1.82) is 0 Å². The fourth-order valence-corrected chi connectivity index (χ4v) is 7.99. The molecule has 14 heteroatoms. The first-order valence-electron chi connectivity index (χ1n) is 20.1. The first-order chi connectivity index (χ1) is 27.7. The first kappa shape index (κ1) is 40.6. The lowest BCUT2D eigenvalue weighted by atomic mass is 9.92. The molecule has 5 aromatic rings. The van der Waals surface area contributed by atoms with Gasteiger partial charge in [0.2, 0.25) is 5.91 Å². The van der Waals surface area contributed by atoms with Gasteiger partial charge in [0.05, 0.1) is 49.2 Å². The Morgan fingerprint density at radius 3 is 2.55 bits per heavy atom. The van der Waals surface area contributed by atoms with Crippen LogP contribution in [0.3, 0.4) is 0 Å². The maximum absolute atomic E-state index is 13.8. The normalized spacial score (nSPS) is 17.4. The summed E-state index contributed by atoms with van der Waals surface area (Å²) >= 11 is 0. The number of aromatic nitrogens is 4. The van der Waals surface area contributed by atoms with Gasteiger partial charge in [0, 0.05) is 36.6 Å². The van der Waals surface area contributed by atoms with Gasteiger partial charge in [0.15, 0.2) is 0 Å². The zero-order chi connectivity index (χ0) is 41.5. The Morgan fingerprint density at radius 2 is 1.84 bits per heavy atom. The van der Waals surface area contributed by atoms with E-state index in [1.165, 1.54) is 7.11 Å². The van der Waals surface area contributed by atoms with Crippen LogP contribution in [0.4, 0.5) is 9.59 Å². The third kappa shape index (κ3) is 8.20. The number of hydrogen-bond acceptors (Lipinski definition) is 9. The van der Waals surface area contributed by atoms with E-state index in [-0.39, 0.29) is 42.5 Å². The molecule has 1 fully saturated rings. The fraction of sp³-hybridized carbons (Fsp3) is 0.477. The smallest absolute Gasteiger partial charge is 0.410 e. The second-order valence-corrected chi connectivity index (χ2v) is 16.8. The van der Waals surface area contributed by atoms with Crippen LogP contribution >= 0.6 is 0 Å². The Labute approximate surface area is 339 Å². The predicted octanol–water partition coefficient (Wildman–Crippen LogP) is 8.12. The Balaban J connectivity index is 1.13. The Bertz CT molecular complexity index is 2330. The molecular formula is C44H55N7O7. The first-order valence-corrected chi connectivity index (χ1v) is 20.1. The van der Waals surface area contributed by atoms with Gasteiger partial charge in [-0.25, -0.2) is 19.6 Å². The summed E-state index contributed by atoms with van der Waals surface area (Å²) in [5.74, 6) is 1.98. The second kappa shape index (κ2) is 16.3. The molecule has 14 nitrogen and oxygen atoms in total. The van der Waals surface area contributed by atoms with E-state index in [9.17, 15) is 14.4 Å². The fourth-order valence-electron chi connectivity index (χ4n) is 7.99. The highest BCUT2D eigenvalue weighted by molar-refractivity contribution is 6.07. The Kier molecular flexibility index (Phi) is 11.4. The maximum atomic E-state index is 13.8. The van der Waals surface area contributed by atoms with Crippen LogP contribution in [-0.4, -0.2) is 92.9 Å². The molecule has 2 aliphatic heterocycles. The molecule has 0 radical (unpaired) electrons. The number of imidazole rings is 2. The van der Waals surface area contributed by atoms with Crippen molar-refractivity contribution in [2.75, 3.05) is 27.4 Å². The number of rotatable bonds is 11. The molecule has 3 amide bonds. The summed E-state index contributed by atoms with van der Waals surface area (Å²) in [5, 5.41) is 4.69. The summed E-state index contributed by atoms with van der Waals surface area (Å²) in [6.45, 7) is 15.2. The number of H-pyrrole nitrogens is 2. The zero-order valence-electron chi connectivity index (χ0n) is 34.9. The summed E-state index contributed by atoms with van der Waals surface area (Å²) in [6.07, 6.45) is 2.24. The highest BCUT2D eigenvalue weighted by Gasteiger charge is 2.40. The van der Waals surface area contributed by atoms with Crippen LogP contribution in [0, 0.1) is 11.8 Å². The van der Waals surface area contributed by atoms with Gasteiger partial charge in [-0.05, 0) is 92.8 Å². The van der Waals surface area contributed by atoms with Gasteiger partial charge in [-0.2, -0.15) is 0 Å². The third-order valence-electron chi connectivity index (χ3n) is 11.2. The topological polar surface area (TPSA) is 164 Å². The Morgan fingerprint density at radius 1 is 1.05 bits per heavy atom. The number of nitrogens with one attached hydrogen (secondary N) is 3. The summed E-state index contributed by atoms with van der Waals surface area (Å²) in [5.41, 5.74) is 5.99. The molecule has 308 valence electrons. The van der Waals surface area contributed by atoms with Gasteiger partial charge < -0.3 is 39.1 Å². The summed E-state index contributed by atoms with van der Waals surface area (Å²) in [6, 6.07) is 13.6. The number of fused-ring (bicyclic) bond motifs is 6. The highest BCUT2D eigenvalue weighted by atomic mass is 16.6. The van der Waals surface area contributed by atoms with Crippen LogP contribution in [0.25, 0.3) is 44.2 Å². The molecule has 0 aliphatic carbocycles. The van der Waals surface area contributed by atoms with Crippen molar-refractivity contribution < 1.29 is 33.3 Å². The van der Waals surface area contributed by atoms with Crippen LogP contribution < -0.4 is 10.1 Å². The second-order valence-electron chi connectivity index (χ2n) is 16.8. The maximum Gasteiger partial charge on any atom is 0.410 e. The van der Waals surface area contributed by atoms with E-state index in [0.29, 0.717) is 32.0 Å². The van der Waals surface area contributed by atoms with Crippen LogP contribution in [0.2, 0.25) is 0 Å². The van der Waals surface area contributed by atoms with Gasteiger partial charge in [-0.3, -0.25) is 9.69 Å². The van der Waals surface area contributed by atoms with Crippen molar-refractivity contribution in [2.24, 2.45) is 11.8 Å². The molecule has 4 unspecified atom stereocenters. The lowest BCUT2D eigenvalue weighted by molar-refractivity contribution is -0.137. The molecule has 4 atom stereocenters. The molecule has 0 saturated carbocycles. The van der Waals surface area contributed by atoms with E-state index in [4.69, 9.17) is 23.9 Å². The Hall–Kier alpha value is -5.63. The standard InChI is InChI=1S/C44H55N7O7/c1-10-25(4)50(41(52)38(24(2)3)49-42(53)56-9)21-37-45-19-34(46-37)28-11-13-30-29(16-28)23-57-36-18-31-27(17-32(30)36)12-14-33-39(31)48-40(47-33)35-15-26(22-55-8)20-51(35)43(54)58-44(5,6)7/h11-14,16-19,24-26,35,38H,10,15,20-23H2,1-9H3,(H,45,46)(H,47,48)(H,49,53). The van der Waals surface area contributed by atoms with E-state index >= 15 is 0 Å². The van der Waals surface area contributed by atoms with Gasteiger partial charge in [0.25, 0.3) is 0 Å². The van der Waals surface area contributed by atoms with Gasteiger partial charge in [-0.15, -0.1) is 0 Å². The number of carbonyl (C=O) groups excluding carboxylic acids is 3. The van der Waals surface area contributed by atoms with E-state index < -0.39 is 17.7 Å². The quantitative estimate of drug-likeness (QED) is 0.120. The highest BCUT2D eigenvalue weighted by Crippen LogP contribution is 2.43. The molecule has 0 bridgehead atoms. The minimum atomic E-state index is -0.734. The molecule has 3 aromatic carbocycles. The number of ether oxygens (including phenoxy) is 4. The number of carbonyl (C=O) groups is 3. The lowest BCUT2D eigenvalue weighted by Gasteiger charge is -2.33. The van der Waals surface area contributed by atoms with Crippen LogP contribution in [0.1, 0.15) is 84.6 Å². The van der Waals surface area contributed by atoms with Gasteiger partial charge in [-0.1, -0.05) is 39.0 Å². The summed E-state index contributed by atoms with van der Waals surface area (Å²) in [7, 11) is 2.97. The SMILES string of the molecule is CCC(C)N(Cc1ncc(-c2ccc3c(c2)COc2cc4c(ccc5[nH]c(C6CC(COC)CN6C(=O)OC(C)(C)C)nc54)cc2-3)[nH]1)C(=O)C(NC(=O)OC)C(C)C. The zero-order valence-corrected chi connectivity index (χ0v) is 34.9. The van der Waals surface area contributed by atoms with Crippen LogP contribution in [0.5, 0.6) is 5.75 Å². The molecule has 2 aromatic heterocycles. The number of methoxy groups -OCH3 is 2. The molecule has 4 heterocycles. The number of aromatic amines is 2. The molecule has 58 heavy (non-hydrogen) atoms. The van der Waals surface area contributed by atoms with Gasteiger partial charge >= 0.3 is 12.2 Å². The number of likely N-dealkylation sites (tertiary alicyclic amines) is 1. The van der Waals surface area contributed by atoms with E-state index in [2.05, 4.69) is 56.7 Å². The number of hydrogen-bond donors (Lipinski definition) is 3. The van der Waals surface area contributed by atoms with E-state index in [1.807, 2.05) is 54.5 Å². The average molecular weight is 794 g/mol. The van der Waals surface area contributed by atoms with Crippen molar-refractivity contribution in [2.45, 2.75) is 98.2 Å².